The zero-order valence-electron chi connectivity index (χ0n) is 34.8. The van der Waals surface area contributed by atoms with Crippen molar-refractivity contribution in [3.05, 3.63) is 78.3 Å². The normalized spacial score (nSPS) is 16.5. The standard InChI is InChI=1S/C44H63N5O4Si2/c1-10-12-14-19-37-40(35-22-24-44(3,25-23-35)43(50)53-11-2)47-41-38(36-20-21-39(45-30-36)34-17-15-13-16-18-34)31-46-49(41)42(37)48(32-51-26-28-54(4,5)6)33-52-27-29-55(7,8)9/h13-22,30-31H,10-12,23-29,32-33H2,1-9H3/b19-14-. The number of pyridine rings is 1. The number of esters is 1. The Morgan fingerprint density at radius 1 is 0.927 bits per heavy atom. The quantitative estimate of drug-likeness (QED) is 0.0402. The Labute approximate surface area is 331 Å². The van der Waals surface area contributed by atoms with Crippen LogP contribution in [0.1, 0.15) is 64.1 Å². The van der Waals surface area contributed by atoms with Crippen LogP contribution in [-0.4, -0.2) is 75.0 Å². The van der Waals surface area contributed by atoms with E-state index < -0.39 is 21.6 Å². The molecule has 1 atom stereocenters. The minimum Gasteiger partial charge on any atom is -0.466 e. The average Bonchev–Trinajstić information content (AvgIpc) is 3.58. The maximum atomic E-state index is 13.1. The van der Waals surface area contributed by atoms with Crippen molar-refractivity contribution in [2.75, 3.05) is 38.2 Å². The summed E-state index contributed by atoms with van der Waals surface area (Å²) in [6.07, 6.45) is 14.4. The molecule has 0 radical (unpaired) electrons. The molecule has 1 aliphatic carbocycles. The highest BCUT2D eigenvalue weighted by atomic mass is 28.3. The Bertz CT molecular complexity index is 1910. The van der Waals surface area contributed by atoms with E-state index in [-0.39, 0.29) is 5.97 Å². The molecule has 4 aromatic rings. The third-order valence-electron chi connectivity index (χ3n) is 10.1. The van der Waals surface area contributed by atoms with Gasteiger partial charge in [0.2, 0.25) is 0 Å². The highest BCUT2D eigenvalue weighted by Gasteiger charge is 2.37. The lowest BCUT2D eigenvalue weighted by atomic mass is 9.75. The molecule has 0 N–H and O–H groups in total. The number of nitrogens with zero attached hydrogens (tertiary/aromatic N) is 5. The van der Waals surface area contributed by atoms with Crippen LogP contribution < -0.4 is 4.90 Å². The van der Waals surface area contributed by atoms with Crippen molar-refractivity contribution >= 4 is 45.2 Å². The van der Waals surface area contributed by atoms with Gasteiger partial charge in [-0.3, -0.25) is 9.78 Å². The Morgan fingerprint density at radius 2 is 1.62 bits per heavy atom. The van der Waals surface area contributed by atoms with E-state index in [4.69, 9.17) is 29.3 Å². The first-order chi connectivity index (χ1) is 26.2. The van der Waals surface area contributed by atoms with Crippen LogP contribution in [0.3, 0.4) is 0 Å². The monoisotopic (exact) mass is 781 g/mol. The predicted octanol–water partition coefficient (Wildman–Crippen LogP) is 10.8. The van der Waals surface area contributed by atoms with Crippen LogP contribution >= 0.6 is 0 Å². The second-order valence-corrected chi connectivity index (χ2v) is 28.7. The van der Waals surface area contributed by atoms with Crippen molar-refractivity contribution in [1.82, 2.24) is 19.6 Å². The molecule has 0 saturated heterocycles. The number of benzene rings is 1. The predicted molar refractivity (Wildman–Crippen MR) is 233 cm³/mol. The molecular weight excluding hydrogens is 719 g/mol. The van der Waals surface area contributed by atoms with Crippen molar-refractivity contribution in [2.45, 2.75) is 104 Å². The van der Waals surface area contributed by atoms with Gasteiger partial charge >= 0.3 is 5.97 Å². The van der Waals surface area contributed by atoms with Crippen LogP contribution in [-0.2, 0) is 19.0 Å². The average molecular weight is 782 g/mol. The number of hydrogen-bond donors (Lipinski definition) is 0. The van der Waals surface area contributed by atoms with Crippen molar-refractivity contribution in [1.29, 1.82) is 0 Å². The number of aromatic nitrogens is 4. The summed E-state index contributed by atoms with van der Waals surface area (Å²) in [7, 11) is -2.62. The number of hydrogen-bond acceptors (Lipinski definition) is 8. The van der Waals surface area contributed by atoms with Crippen LogP contribution in [0.2, 0.25) is 51.4 Å². The maximum Gasteiger partial charge on any atom is 0.312 e. The van der Waals surface area contributed by atoms with E-state index in [1.165, 1.54) is 0 Å². The van der Waals surface area contributed by atoms with Gasteiger partial charge in [-0.1, -0.05) is 107 Å². The molecule has 296 valence electrons. The largest absolute Gasteiger partial charge is 0.466 e. The van der Waals surface area contributed by atoms with Crippen molar-refractivity contribution in [3.8, 4) is 22.4 Å². The molecule has 5 rings (SSSR count). The van der Waals surface area contributed by atoms with Gasteiger partial charge in [0.05, 0.1) is 29.6 Å². The molecule has 55 heavy (non-hydrogen) atoms. The van der Waals surface area contributed by atoms with Gasteiger partial charge in [-0.05, 0) is 63.3 Å². The third-order valence-corrected chi connectivity index (χ3v) is 13.6. The number of carbonyl (C=O) groups excluding carboxylic acids is 1. The lowest BCUT2D eigenvalue weighted by molar-refractivity contribution is -0.154. The molecule has 9 nitrogen and oxygen atoms in total. The molecule has 11 heteroatoms. The zero-order chi connectivity index (χ0) is 39.6. The summed E-state index contributed by atoms with van der Waals surface area (Å²) in [6, 6.07) is 16.5. The van der Waals surface area contributed by atoms with Gasteiger partial charge in [0, 0.05) is 57.8 Å². The molecule has 1 aliphatic rings. The van der Waals surface area contributed by atoms with Gasteiger partial charge in [-0.25, -0.2) is 4.98 Å². The Hall–Kier alpha value is -3.91. The number of carbonyl (C=O) groups is 1. The fraction of sp³-hybridized carbons (Fsp3) is 0.500. The third kappa shape index (κ3) is 11.3. The molecule has 0 fully saturated rings. The minimum absolute atomic E-state index is 0.140. The number of rotatable bonds is 19. The summed E-state index contributed by atoms with van der Waals surface area (Å²) in [5.74, 6) is 0.743. The summed E-state index contributed by atoms with van der Waals surface area (Å²) in [5, 5.41) is 5.05. The highest BCUT2D eigenvalue weighted by molar-refractivity contribution is 6.76. The maximum absolute atomic E-state index is 13.1. The molecule has 0 aliphatic heterocycles. The first-order valence-corrected chi connectivity index (χ1v) is 27.5. The Kier molecular flexibility index (Phi) is 14.5. The van der Waals surface area contributed by atoms with E-state index in [0.29, 0.717) is 52.5 Å². The smallest absolute Gasteiger partial charge is 0.312 e. The van der Waals surface area contributed by atoms with Crippen LogP contribution in [0, 0.1) is 5.41 Å². The molecule has 0 amide bonds. The van der Waals surface area contributed by atoms with Crippen LogP contribution in [0.5, 0.6) is 0 Å². The first kappa shape index (κ1) is 42.2. The lowest BCUT2D eigenvalue weighted by Crippen LogP contribution is -2.34. The molecular formula is C44H63N5O4Si2. The second kappa shape index (κ2) is 18.8. The van der Waals surface area contributed by atoms with Gasteiger partial charge < -0.3 is 19.1 Å². The highest BCUT2D eigenvalue weighted by Crippen LogP contribution is 2.42. The molecule has 1 unspecified atom stereocenters. The van der Waals surface area contributed by atoms with E-state index in [1.807, 2.05) is 49.0 Å². The lowest BCUT2D eigenvalue weighted by Gasteiger charge is -2.32. The summed E-state index contributed by atoms with van der Waals surface area (Å²) < 4.78 is 20.5. The van der Waals surface area contributed by atoms with Gasteiger partial charge in [-0.15, -0.1) is 0 Å². The van der Waals surface area contributed by atoms with Gasteiger partial charge in [0.15, 0.2) is 5.65 Å². The minimum atomic E-state index is -1.31. The van der Waals surface area contributed by atoms with E-state index in [1.54, 1.807) is 0 Å². The van der Waals surface area contributed by atoms with Crippen molar-refractivity contribution < 1.29 is 19.0 Å². The van der Waals surface area contributed by atoms with Gasteiger partial charge in [-0.2, -0.15) is 9.61 Å². The summed E-state index contributed by atoms with van der Waals surface area (Å²) in [5.41, 5.74) is 6.96. The van der Waals surface area contributed by atoms with Crippen LogP contribution in [0.25, 0.3) is 39.7 Å². The molecule has 0 spiro atoms. The molecule has 3 heterocycles. The van der Waals surface area contributed by atoms with Gasteiger partial charge in [0.1, 0.15) is 19.3 Å². The molecule has 1 aromatic carbocycles. The van der Waals surface area contributed by atoms with E-state index in [2.05, 4.69) is 93.6 Å². The SMILES string of the molecule is CCC/C=C\c1c(C2=CCC(C)(C(=O)OCC)CC2)nc2c(-c3ccc(-c4ccccc4)nc3)cnn2c1N(COCC[Si](C)(C)C)COCC[Si](C)(C)C. The Morgan fingerprint density at radius 3 is 2.18 bits per heavy atom. The number of anilines is 1. The fourth-order valence-electron chi connectivity index (χ4n) is 6.53. The summed E-state index contributed by atoms with van der Waals surface area (Å²) >= 11 is 0. The zero-order valence-corrected chi connectivity index (χ0v) is 36.8. The number of allylic oxidation sites excluding steroid dienone is 3. The summed E-state index contributed by atoms with van der Waals surface area (Å²) in [4.78, 5) is 25.6. The van der Waals surface area contributed by atoms with Crippen molar-refractivity contribution in [3.63, 3.8) is 0 Å². The molecule has 0 saturated carbocycles. The second-order valence-electron chi connectivity index (χ2n) is 17.4. The van der Waals surface area contributed by atoms with Crippen LogP contribution in [0.4, 0.5) is 5.82 Å². The fourth-order valence-corrected chi connectivity index (χ4v) is 8.05. The summed E-state index contributed by atoms with van der Waals surface area (Å²) in [6.45, 7) is 22.8. The molecule has 0 bridgehead atoms. The molecule has 3 aromatic heterocycles. The van der Waals surface area contributed by atoms with Crippen LogP contribution in [0.15, 0.2) is 67.0 Å². The van der Waals surface area contributed by atoms with E-state index in [9.17, 15) is 4.79 Å². The number of unbranched alkanes of at least 4 members (excludes halogenated alkanes) is 1. The first-order valence-electron chi connectivity index (χ1n) is 20.1. The Balaban J connectivity index is 1.68. The van der Waals surface area contributed by atoms with E-state index in [0.717, 1.165) is 75.6 Å². The number of ether oxygens (including phenoxy) is 3. The van der Waals surface area contributed by atoms with Crippen molar-refractivity contribution in [2.24, 2.45) is 5.41 Å². The van der Waals surface area contributed by atoms with Gasteiger partial charge in [0.25, 0.3) is 0 Å². The van der Waals surface area contributed by atoms with E-state index >= 15 is 0 Å². The number of fused-ring (bicyclic) bond motifs is 1. The topological polar surface area (TPSA) is 91.1 Å².